The van der Waals surface area contributed by atoms with E-state index in [1.165, 1.54) is 12.7 Å². The van der Waals surface area contributed by atoms with Crippen LogP contribution in [-0.4, -0.2) is 38.5 Å². The first-order valence-electron chi connectivity index (χ1n) is 8.09. The number of methoxy groups -OCH3 is 2. The Morgan fingerprint density at radius 1 is 1.22 bits per heavy atom. The van der Waals surface area contributed by atoms with Crippen LogP contribution >= 0.6 is 0 Å². The van der Waals surface area contributed by atoms with Crippen molar-refractivity contribution in [3.63, 3.8) is 0 Å². The minimum Gasteiger partial charge on any atom is -0.466 e. The van der Waals surface area contributed by atoms with Crippen LogP contribution in [0.2, 0.25) is 0 Å². The second-order valence-corrected chi connectivity index (χ2v) is 6.01. The Balaban J connectivity index is 1.96. The van der Waals surface area contributed by atoms with Gasteiger partial charge in [-0.1, -0.05) is 36.4 Å². The average molecular weight is 318 g/mol. The van der Waals surface area contributed by atoms with Gasteiger partial charge in [-0.3, -0.25) is 0 Å². The van der Waals surface area contributed by atoms with Crippen LogP contribution in [0.4, 0.5) is 0 Å². The zero-order chi connectivity index (χ0) is 16.7. The number of hydrogen-bond donors (Lipinski definition) is 0. The Hall–Kier alpha value is -1.65. The van der Waals surface area contributed by atoms with Gasteiger partial charge in [0.25, 0.3) is 0 Å². The van der Waals surface area contributed by atoms with Crippen LogP contribution in [0.5, 0.6) is 0 Å². The van der Waals surface area contributed by atoms with Crippen molar-refractivity contribution in [2.24, 2.45) is 0 Å². The van der Waals surface area contributed by atoms with Gasteiger partial charge in [-0.15, -0.1) is 0 Å². The van der Waals surface area contributed by atoms with Crippen molar-refractivity contribution in [3.8, 4) is 0 Å². The maximum absolute atomic E-state index is 11.5. The van der Waals surface area contributed by atoms with Gasteiger partial charge in [0, 0.05) is 25.5 Å². The molecule has 0 radical (unpaired) electrons. The number of hydrogen-bond acceptors (Lipinski definition) is 4. The molecule has 0 aliphatic carbocycles. The van der Waals surface area contributed by atoms with E-state index in [0.717, 1.165) is 19.3 Å². The maximum Gasteiger partial charge on any atom is 0.333 e. The molecule has 2 rings (SSSR count). The zero-order valence-electron chi connectivity index (χ0n) is 14.2. The summed E-state index contributed by atoms with van der Waals surface area (Å²) in [6.45, 7) is 1.77. The minimum atomic E-state index is -0.287. The average Bonchev–Trinajstić information content (AvgIpc) is 2.59. The number of rotatable bonds is 6. The molecule has 3 atom stereocenters. The minimum absolute atomic E-state index is 0.0713. The van der Waals surface area contributed by atoms with E-state index in [0.29, 0.717) is 12.0 Å². The summed E-state index contributed by atoms with van der Waals surface area (Å²) >= 11 is 0. The van der Waals surface area contributed by atoms with E-state index in [1.807, 2.05) is 24.3 Å². The van der Waals surface area contributed by atoms with E-state index in [1.54, 1.807) is 14.0 Å². The lowest BCUT2D eigenvalue weighted by molar-refractivity contribution is -0.136. The number of carbonyl (C=O) groups excluding carboxylic acids is 1. The molecule has 0 aromatic heterocycles. The van der Waals surface area contributed by atoms with E-state index < -0.39 is 0 Å². The van der Waals surface area contributed by atoms with Crippen molar-refractivity contribution in [1.82, 2.24) is 0 Å². The molecule has 1 aromatic carbocycles. The second-order valence-electron chi connectivity index (χ2n) is 6.01. The van der Waals surface area contributed by atoms with Crippen molar-refractivity contribution in [3.05, 3.63) is 47.5 Å². The highest BCUT2D eigenvalue weighted by Crippen LogP contribution is 2.26. The normalized spacial score (nSPS) is 25.2. The molecular weight excluding hydrogens is 292 g/mol. The summed E-state index contributed by atoms with van der Waals surface area (Å²) in [4.78, 5) is 11.5. The zero-order valence-corrected chi connectivity index (χ0v) is 14.2. The lowest BCUT2D eigenvalue weighted by atomic mass is 9.94. The highest BCUT2D eigenvalue weighted by atomic mass is 16.5. The van der Waals surface area contributed by atoms with E-state index in [-0.39, 0.29) is 24.3 Å². The molecule has 0 saturated carbocycles. The molecule has 1 fully saturated rings. The van der Waals surface area contributed by atoms with Gasteiger partial charge in [-0.05, 0) is 25.3 Å². The molecular formula is C19H26O4. The van der Waals surface area contributed by atoms with Crippen molar-refractivity contribution in [2.45, 2.75) is 50.9 Å². The first-order chi connectivity index (χ1) is 11.1. The quantitative estimate of drug-likeness (QED) is 0.596. The lowest BCUT2D eigenvalue weighted by Crippen LogP contribution is -2.37. The largest absolute Gasteiger partial charge is 0.466 e. The predicted molar refractivity (Wildman–Crippen MR) is 89.2 cm³/mol. The van der Waals surface area contributed by atoms with Gasteiger partial charge in [0.2, 0.25) is 0 Å². The first kappa shape index (κ1) is 17.7. The molecule has 0 bridgehead atoms. The molecule has 1 saturated heterocycles. The topological polar surface area (TPSA) is 44.8 Å². The summed E-state index contributed by atoms with van der Waals surface area (Å²) in [5.41, 5.74) is 1.89. The van der Waals surface area contributed by atoms with Crippen molar-refractivity contribution < 1.29 is 19.0 Å². The Bertz CT molecular complexity index is 523. The fourth-order valence-electron chi connectivity index (χ4n) is 2.97. The van der Waals surface area contributed by atoms with Gasteiger partial charge in [0.05, 0.1) is 25.4 Å². The number of ether oxygens (including phenoxy) is 3. The summed E-state index contributed by atoms with van der Waals surface area (Å²) < 4.78 is 16.5. The fourth-order valence-corrected chi connectivity index (χ4v) is 2.97. The van der Waals surface area contributed by atoms with E-state index in [4.69, 9.17) is 14.2 Å². The van der Waals surface area contributed by atoms with Crippen LogP contribution < -0.4 is 0 Å². The monoisotopic (exact) mass is 318 g/mol. The van der Waals surface area contributed by atoms with Crippen LogP contribution in [0, 0.1) is 0 Å². The van der Waals surface area contributed by atoms with Crippen LogP contribution in [0.25, 0.3) is 0 Å². The molecule has 126 valence electrons. The van der Waals surface area contributed by atoms with Crippen LogP contribution in [0.15, 0.2) is 42.0 Å². The SMILES string of the molecule is COC(=O)/C(C)=C/C[C@@H]1C[C@H](OC)C[C@@H](Cc2ccccc2)O1. The maximum atomic E-state index is 11.5. The van der Waals surface area contributed by atoms with Crippen molar-refractivity contribution in [2.75, 3.05) is 14.2 Å². The van der Waals surface area contributed by atoms with Gasteiger partial charge in [-0.2, -0.15) is 0 Å². The standard InChI is InChI=1S/C19H26O4/c1-14(19(20)22-3)9-10-16-12-17(21-2)13-18(23-16)11-15-7-5-4-6-8-15/h4-9,16-18H,10-13H2,1-3H3/b14-9+/t16-,17+,18-/m1/s1. The first-order valence-corrected chi connectivity index (χ1v) is 8.09. The molecule has 4 heteroatoms. The fraction of sp³-hybridized carbons (Fsp3) is 0.526. The summed E-state index contributed by atoms with van der Waals surface area (Å²) in [6.07, 6.45) is 5.66. The molecule has 4 nitrogen and oxygen atoms in total. The number of benzene rings is 1. The van der Waals surface area contributed by atoms with Crippen molar-refractivity contribution in [1.29, 1.82) is 0 Å². The third-order valence-electron chi connectivity index (χ3n) is 4.27. The number of carbonyl (C=O) groups is 1. The van der Waals surface area contributed by atoms with Crippen LogP contribution in [-0.2, 0) is 25.4 Å². The molecule has 0 unspecified atom stereocenters. The summed E-state index contributed by atoms with van der Waals surface area (Å²) in [6, 6.07) is 10.4. The Morgan fingerprint density at radius 2 is 1.91 bits per heavy atom. The Morgan fingerprint density at radius 3 is 2.57 bits per heavy atom. The highest BCUT2D eigenvalue weighted by Gasteiger charge is 2.29. The molecule has 1 aliphatic heterocycles. The molecule has 0 N–H and O–H groups in total. The van der Waals surface area contributed by atoms with E-state index in [9.17, 15) is 4.79 Å². The molecule has 1 aromatic rings. The second kappa shape index (κ2) is 8.85. The van der Waals surface area contributed by atoms with Gasteiger partial charge >= 0.3 is 5.97 Å². The summed E-state index contributed by atoms with van der Waals surface area (Å²) in [5.74, 6) is -0.287. The summed E-state index contributed by atoms with van der Waals surface area (Å²) in [5, 5.41) is 0. The van der Waals surface area contributed by atoms with Gasteiger partial charge in [0.1, 0.15) is 0 Å². The molecule has 1 aliphatic rings. The smallest absolute Gasteiger partial charge is 0.333 e. The predicted octanol–water partition coefficient (Wildman–Crippen LogP) is 3.30. The molecule has 0 spiro atoms. The van der Waals surface area contributed by atoms with Gasteiger partial charge in [-0.25, -0.2) is 4.79 Å². The summed E-state index contributed by atoms with van der Waals surface area (Å²) in [7, 11) is 3.15. The molecule has 1 heterocycles. The molecule has 0 amide bonds. The van der Waals surface area contributed by atoms with Crippen molar-refractivity contribution >= 4 is 5.97 Å². The Kier molecular flexibility index (Phi) is 6.81. The molecule has 23 heavy (non-hydrogen) atoms. The Labute approximate surface area is 138 Å². The van der Waals surface area contributed by atoms with E-state index in [2.05, 4.69) is 12.1 Å². The third-order valence-corrected chi connectivity index (χ3v) is 4.27. The van der Waals surface area contributed by atoms with E-state index >= 15 is 0 Å². The van der Waals surface area contributed by atoms with Crippen LogP contribution in [0.1, 0.15) is 31.7 Å². The third kappa shape index (κ3) is 5.48. The number of esters is 1. The van der Waals surface area contributed by atoms with Crippen LogP contribution in [0.3, 0.4) is 0 Å². The van der Waals surface area contributed by atoms with Gasteiger partial charge in [0.15, 0.2) is 0 Å². The highest BCUT2D eigenvalue weighted by molar-refractivity contribution is 5.87. The lowest BCUT2D eigenvalue weighted by Gasteiger charge is -2.34. The van der Waals surface area contributed by atoms with Gasteiger partial charge < -0.3 is 14.2 Å².